The quantitative estimate of drug-likeness (QED) is 0.813. The number of rotatable bonds is 4. The molecule has 0 aliphatic heterocycles. The van der Waals surface area contributed by atoms with Gasteiger partial charge in [0.05, 0.1) is 12.7 Å². The molecule has 0 saturated carbocycles. The van der Waals surface area contributed by atoms with Crippen LogP contribution in [0, 0.1) is 5.92 Å². The van der Waals surface area contributed by atoms with Crippen molar-refractivity contribution >= 4 is 30.0 Å². The van der Waals surface area contributed by atoms with Crippen LogP contribution in [-0.4, -0.2) is 25.5 Å². The number of carbonyl (C=O) groups excluding carboxylic acids is 2. The molecule has 100 valence electrons. The molecule has 0 heterocycles. The van der Waals surface area contributed by atoms with E-state index in [-0.39, 0.29) is 24.2 Å². The zero-order chi connectivity index (χ0) is 12.8. The van der Waals surface area contributed by atoms with Crippen LogP contribution in [0.1, 0.15) is 17.3 Å². The highest BCUT2D eigenvalue weighted by Crippen LogP contribution is 2.11. The third-order valence-corrected chi connectivity index (χ3v) is 2.37. The van der Waals surface area contributed by atoms with Crippen LogP contribution in [0.2, 0.25) is 0 Å². The number of anilines is 1. The number of halogens is 1. The third kappa shape index (κ3) is 4.35. The van der Waals surface area contributed by atoms with E-state index >= 15 is 0 Å². The fourth-order valence-electron chi connectivity index (χ4n) is 1.18. The van der Waals surface area contributed by atoms with E-state index in [0.717, 1.165) is 0 Å². The van der Waals surface area contributed by atoms with Gasteiger partial charge in [0, 0.05) is 18.2 Å². The fraction of sp³-hybridized carbons (Fsp3) is 0.333. The molecule has 5 nitrogen and oxygen atoms in total. The van der Waals surface area contributed by atoms with Crippen molar-refractivity contribution in [3.05, 3.63) is 29.8 Å². The zero-order valence-electron chi connectivity index (χ0n) is 10.3. The average Bonchev–Trinajstić information content (AvgIpc) is 2.37. The lowest BCUT2D eigenvalue weighted by Crippen LogP contribution is -2.26. The molecule has 1 unspecified atom stereocenters. The summed E-state index contributed by atoms with van der Waals surface area (Å²) >= 11 is 0. The summed E-state index contributed by atoms with van der Waals surface area (Å²) in [5.74, 6) is -0.785. The Morgan fingerprint density at radius 3 is 2.33 bits per heavy atom. The summed E-state index contributed by atoms with van der Waals surface area (Å²) in [5, 5.41) is 2.71. The zero-order valence-corrected chi connectivity index (χ0v) is 11.1. The van der Waals surface area contributed by atoms with Crippen molar-refractivity contribution in [2.45, 2.75) is 6.92 Å². The highest BCUT2D eigenvalue weighted by Gasteiger charge is 2.11. The van der Waals surface area contributed by atoms with Crippen molar-refractivity contribution in [3.8, 4) is 0 Å². The summed E-state index contributed by atoms with van der Waals surface area (Å²) in [6.07, 6.45) is 0. The highest BCUT2D eigenvalue weighted by atomic mass is 35.5. The normalized spacial score (nSPS) is 11.1. The van der Waals surface area contributed by atoms with E-state index in [1.54, 1.807) is 31.2 Å². The average molecular weight is 273 g/mol. The van der Waals surface area contributed by atoms with E-state index in [0.29, 0.717) is 17.8 Å². The molecule has 0 radical (unpaired) electrons. The second-order valence-electron chi connectivity index (χ2n) is 3.69. The van der Waals surface area contributed by atoms with Crippen molar-refractivity contribution in [2.75, 3.05) is 19.0 Å². The molecule has 6 heteroatoms. The SMILES string of the molecule is COC(=O)c1ccc(NC(=O)C(C)CN)cc1.Cl. The van der Waals surface area contributed by atoms with Gasteiger partial charge in [-0.05, 0) is 24.3 Å². The van der Waals surface area contributed by atoms with Gasteiger partial charge in [-0.1, -0.05) is 6.92 Å². The first kappa shape index (κ1) is 16.4. The second-order valence-corrected chi connectivity index (χ2v) is 3.69. The predicted octanol–water partition coefficient (Wildman–Crippen LogP) is 1.43. The molecule has 0 aromatic heterocycles. The number of hydrogen-bond acceptors (Lipinski definition) is 4. The highest BCUT2D eigenvalue weighted by molar-refractivity contribution is 5.94. The number of amides is 1. The molecular weight excluding hydrogens is 256 g/mol. The van der Waals surface area contributed by atoms with Crippen LogP contribution in [0.15, 0.2) is 24.3 Å². The Morgan fingerprint density at radius 2 is 1.89 bits per heavy atom. The molecule has 0 saturated heterocycles. The lowest BCUT2D eigenvalue weighted by molar-refractivity contribution is -0.119. The number of benzene rings is 1. The Bertz CT molecular complexity index is 406. The van der Waals surface area contributed by atoms with Gasteiger partial charge in [0.2, 0.25) is 5.91 Å². The van der Waals surface area contributed by atoms with Crippen LogP contribution in [0.3, 0.4) is 0 Å². The number of nitrogens with one attached hydrogen (secondary N) is 1. The molecule has 1 aromatic rings. The molecule has 0 aliphatic carbocycles. The Balaban J connectivity index is 0.00000289. The van der Waals surface area contributed by atoms with Gasteiger partial charge in [-0.15, -0.1) is 12.4 Å². The van der Waals surface area contributed by atoms with Gasteiger partial charge >= 0.3 is 5.97 Å². The first-order chi connectivity index (χ1) is 8.08. The number of methoxy groups -OCH3 is 1. The molecule has 3 N–H and O–H groups in total. The fourth-order valence-corrected chi connectivity index (χ4v) is 1.18. The topological polar surface area (TPSA) is 81.4 Å². The molecule has 0 fully saturated rings. The van der Waals surface area contributed by atoms with Crippen molar-refractivity contribution in [3.63, 3.8) is 0 Å². The smallest absolute Gasteiger partial charge is 0.337 e. The Kier molecular flexibility index (Phi) is 7.00. The lowest BCUT2D eigenvalue weighted by Gasteiger charge is -2.10. The molecule has 0 bridgehead atoms. The van der Waals surface area contributed by atoms with Crippen molar-refractivity contribution < 1.29 is 14.3 Å². The largest absolute Gasteiger partial charge is 0.465 e. The van der Waals surface area contributed by atoms with E-state index in [9.17, 15) is 9.59 Å². The van der Waals surface area contributed by atoms with Crippen LogP contribution in [0.25, 0.3) is 0 Å². The maximum Gasteiger partial charge on any atom is 0.337 e. The summed E-state index contributed by atoms with van der Waals surface area (Å²) < 4.78 is 4.57. The van der Waals surface area contributed by atoms with Gasteiger partial charge in [0.15, 0.2) is 0 Å². The summed E-state index contributed by atoms with van der Waals surface area (Å²) in [7, 11) is 1.32. The van der Waals surface area contributed by atoms with E-state index in [1.165, 1.54) is 7.11 Å². The summed E-state index contributed by atoms with van der Waals surface area (Å²) in [6, 6.07) is 6.48. The molecule has 0 aliphatic rings. The van der Waals surface area contributed by atoms with Gasteiger partial charge in [0.1, 0.15) is 0 Å². The molecule has 0 spiro atoms. The number of nitrogens with two attached hydrogens (primary N) is 1. The molecule has 1 amide bonds. The van der Waals surface area contributed by atoms with Crippen LogP contribution in [0.4, 0.5) is 5.69 Å². The Hall–Kier alpha value is -1.59. The van der Waals surface area contributed by atoms with Gasteiger partial charge < -0.3 is 15.8 Å². The monoisotopic (exact) mass is 272 g/mol. The minimum atomic E-state index is -0.404. The minimum absolute atomic E-state index is 0. The standard InChI is InChI=1S/C12H16N2O3.ClH/c1-8(7-13)11(15)14-10-5-3-9(4-6-10)12(16)17-2;/h3-6,8H,7,13H2,1-2H3,(H,14,15);1H. The van der Waals surface area contributed by atoms with Gasteiger partial charge in [-0.2, -0.15) is 0 Å². The van der Waals surface area contributed by atoms with E-state index in [2.05, 4.69) is 10.1 Å². The Morgan fingerprint density at radius 1 is 1.33 bits per heavy atom. The molecule has 18 heavy (non-hydrogen) atoms. The molecule has 1 rings (SSSR count). The third-order valence-electron chi connectivity index (χ3n) is 2.37. The second kappa shape index (κ2) is 7.68. The molecule has 1 atom stereocenters. The van der Waals surface area contributed by atoms with Crippen molar-refractivity contribution in [1.82, 2.24) is 0 Å². The first-order valence-electron chi connectivity index (χ1n) is 5.27. The van der Waals surface area contributed by atoms with E-state index in [1.807, 2.05) is 0 Å². The van der Waals surface area contributed by atoms with Gasteiger partial charge in [-0.25, -0.2) is 4.79 Å². The minimum Gasteiger partial charge on any atom is -0.465 e. The van der Waals surface area contributed by atoms with E-state index in [4.69, 9.17) is 5.73 Å². The lowest BCUT2D eigenvalue weighted by atomic mass is 10.1. The summed E-state index contributed by atoms with van der Waals surface area (Å²) in [5.41, 5.74) is 6.46. The van der Waals surface area contributed by atoms with E-state index < -0.39 is 5.97 Å². The maximum atomic E-state index is 11.5. The van der Waals surface area contributed by atoms with Crippen LogP contribution < -0.4 is 11.1 Å². The summed E-state index contributed by atoms with van der Waals surface area (Å²) in [6.45, 7) is 2.05. The van der Waals surface area contributed by atoms with Crippen molar-refractivity contribution in [1.29, 1.82) is 0 Å². The molecular formula is C12H17ClN2O3. The number of hydrogen-bond donors (Lipinski definition) is 2. The van der Waals surface area contributed by atoms with Crippen LogP contribution in [0.5, 0.6) is 0 Å². The first-order valence-corrected chi connectivity index (χ1v) is 5.27. The Labute approximate surface area is 112 Å². The van der Waals surface area contributed by atoms with Gasteiger partial charge in [-0.3, -0.25) is 4.79 Å². The number of ether oxygens (including phenoxy) is 1. The van der Waals surface area contributed by atoms with Gasteiger partial charge in [0.25, 0.3) is 0 Å². The molecule has 1 aromatic carbocycles. The summed E-state index contributed by atoms with van der Waals surface area (Å²) in [4.78, 5) is 22.7. The van der Waals surface area contributed by atoms with Crippen LogP contribution >= 0.6 is 12.4 Å². The number of carbonyl (C=O) groups is 2. The predicted molar refractivity (Wildman–Crippen MR) is 71.9 cm³/mol. The van der Waals surface area contributed by atoms with Crippen molar-refractivity contribution in [2.24, 2.45) is 11.7 Å². The van der Waals surface area contributed by atoms with Crippen LogP contribution in [-0.2, 0) is 9.53 Å². The maximum absolute atomic E-state index is 11.5. The number of esters is 1.